The van der Waals surface area contributed by atoms with Crippen molar-refractivity contribution in [1.29, 1.82) is 0 Å². The largest absolute Gasteiger partial charge is 0.444 e. The van der Waals surface area contributed by atoms with Crippen LogP contribution in [0.2, 0.25) is 0 Å². The highest BCUT2D eigenvalue weighted by Gasteiger charge is 2.35. The number of hydrogen-bond donors (Lipinski definition) is 0. The lowest BCUT2D eigenvalue weighted by Crippen LogP contribution is -2.49. The van der Waals surface area contributed by atoms with E-state index in [9.17, 15) is 9.59 Å². The van der Waals surface area contributed by atoms with Gasteiger partial charge in [0.1, 0.15) is 17.3 Å². The fourth-order valence-electron chi connectivity index (χ4n) is 3.12. The molecule has 25 heavy (non-hydrogen) atoms. The van der Waals surface area contributed by atoms with E-state index in [1.54, 1.807) is 11.0 Å². The number of hydrogen-bond acceptors (Lipinski definition) is 4. The summed E-state index contributed by atoms with van der Waals surface area (Å²) in [6.45, 7) is 6.03. The van der Waals surface area contributed by atoms with Crippen LogP contribution in [-0.4, -0.2) is 39.9 Å². The third kappa shape index (κ3) is 3.98. The third-order valence-corrected chi connectivity index (χ3v) is 4.28. The molecule has 0 aliphatic carbocycles. The molecule has 0 bridgehead atoms. The molecule has 132 valence electrons. The van der Waals surface area contributed by atoms with Crippen molar-refractivity contribution in [2.24, 2.45) is 0 Å². The summed E-state index contributed by atoms with van der Waals surface area (Å²) in [5, 5.41) is 0.992. The zero-order valence-corrected chi connectivity index (χ0v) is 15.0. The smallest absolute Gasteiger partial charge is 0.410 e. The van der Waals surface area contributed by atoms with E-state index in [4.69, 9.17) is 4.74 Å². The number of fused-ring (bicyclic) bond motifs is 1. The Morgan fingerprint density at radius 1 is 1.12 bits per heavy atom. The zero-order valence-electron chi connectivity index (χ0n) is 15.0. The average molecular weight is 340 g/mol. The third-order valence-electron chi connectivity index (χ3n) is 4.28. The lowest BCUT2D eigenvalue weighted by molar-refractivity contribution is 0.0104. The van der Waals surface area contributed by atoms with E-state index in [1.165, 1.54) is 0 Å². The Labute approximate surface area is 148 Å². The van der Waals surface area contributed by atoms with Gasteiger partial charge in [-0.05, 0) is 52.2 Å². The van der Waals surface area contributed by atoms with Gasteiger partial charge in [0.2, 0.25) is 5.78 Å². The highest BCUT2D eigenvalue weighted by Crippen LogP contribution is 2.23. The highest BCUT2D eigenvalue weighted by atomic mass is 16.6. The van der Waals surface area contributed by atoms with Gasteiger partial charge in [-0.25, -0.2) is 9.78 Å². The number of nitrogens with zero attached hydrogens (tertiary/aromatic N) is 2. The predicted octanol–water partition coefficient (Wildman–Crippen LogP) is 4.21. The Kier molecular flexibility index (Phi) is 4.75. The van der Waals surface area contributed by atoms with E-state index >= 15 is 0 Å². The number of aromatic nitrogens is 1. The van der Waals surface area contributed by atoms with Crippen molar-refractivity contribution in [3.05, 3.63) is 42.1 Å². The number of para-hydroxylation sites is 1. The topological polar surface area (TPSA) is 59.5 Å². The molecule has 5 heteroatoms. The van der Waals surface area contributed by atoms with E-state index in [0.717, 1.165) is 23.7 Å². The summed E-state index contributed by atoms with van der Waals surface area (Å²) in [6.07, 6.45) is 2.02. The van der Waals surface area contributed by atoms with Gasteiger partial charge < -0.3 is 4.74 Å². The van der Waals surface area contributed by atoms with Crippen LogP contribution >= 0.6 is 0 Å². The van der Waals surface area contributed by atoms with Gasteiger partial charge in [0.25, 0.3) is 0 Å². The molecular weight excluding hydrogens is 316 g/mol. The Hall–Kier alpha value is -2.43. The summed E-state index contributed by atoms with van der Waals surface area (Å²) in [5.41, 5.74) is 0.607. The summed E-state index contributed by atoms with van der Waals surface area (Å²) in [4.78, 5) is 31.6. The van der Waals surface area contributed by atoms with Gasteiger partial charge in [-0.15, -0.1) is 0 Å². The summed E-state index contributed by atoms with van der Waals surface area (Å²) in [7, 11) is 0. The number of carbonyl (C=O) groups excluding carboxylic acids is 2. The van der Waals surface area contributed by atoms with Crippen molar-refractivity contribution in [2.45, 2.75) is 51.7 Å². The SMILES string of the molecule is CC(C)(C)OC(=O)N1CCCC[C@H]1C(=O)c1ccc2ccccc2n1. The monoisotopic (exact) mass is 340 g/mol. The van der Waals surface area contributed by atoms with Crippen LogP contribution in [-0.2, 0) is 4.74 Å². The second-order valence-electron chi connectivity index (χ2n) is 7.44. The fourth-order valence-corrected chi connectivity index (χ4v) is 3.12. The van der Waals surface area contributed by atoms with Gasteiger partial charge in [-0.1, -0.05) is 24.3 Å². The number of carbonyl (C=O) groups is 2. The van der Waals surface area contributed by atoms with Crippen molar-refractivity contribution >= 4 is 22.8 Å². The van der Waals surface area contributed by atoms with Gasteiger partial charge in [0, 0.05) is 11.9 Å². The number of pyridine rings is 1. The number of Topliss-reactive ketones (excluding diaryl/α,β-unsaturated/α-hetero) is 1. The first-order chi connectivity index (χ1) is 11.8. The molecule has 1 aliphatic rings. The summed E-state index contributed by atoms with van der Waals surface area (Å²) >= 11 is 0. The number of ketones is 1. The first-order valence-corrected chi connectivity index (χ1v) is 8.75. The quantitative estimate of drug-likeness (QED) is 0.769. The molecule has 0 N–H and O–H groups in total. The number of amides is 1. The first kappa shape index (κ1) is 17.4. The van der Waals surface area contributed by atoms with Crippen LogP contribution in [0.25, 0.3) is 10.9 Å². The maximum absolute atomic E-state index is 13.0. The number of likely N-dealkylation sites (tertiary alicyclic amines) is 1. The van der Waals surface area contributed by atoms with Crippen LogP contribution < -0.4 is 0 Å². The van der Waals surface area contributed by atoms with Crippen molar-refractivity contribution in [3.8, 4) is 0 Å². The molecule has 0 spiro atoms. The van der Waals surface area contributed by atoms with Crippen LogP contribution in [0.15, 0.2) is 36.4 Å². The molecule has 0 unspecified atom stereocenters. The molecule has 1 saturated heterocycles. The first-order valence-electron chi connectivity index (χ1n) is 8.75. The normalized spacial score (nSPS) is 18.2. The second-order valence-corrected chi connectivity index (χ2v) is 7.44. The molecule has 5 nitrogen and oxygen atoms in total. The van der Waals surface area contributed by atoms with E-state index in [0.29, 0.717) is 18.7 Å². The minimum absolute atomic E-state index is 0.115. The maximum Gasteiger partial charge on any atom is 0.410 e. The highest BCUT2D eigenvalue weighted by molar-refractivity contribution is 6.01. The van der Waals surface area contributed by atoms with Crippen LogP contribution in [0.1, 0.15) is 50.5 Å². The van der Waals surface area contributed by atoms with Crippen LogP contribution in [0.3, 0.4) is 0 Å². The molecule has 1 amide bonds. The van der Waals surface area contributed by atoms with E-state index in [-0.39, 0.29) is 5.78 Å². The molecule has 0 radical (unpaired) electrons. The van der Waals surface area contributed by atoms with Crippen molar-refractivity contribution in [2.75, 3.05) is 6.54 Å². The van der Waals surface area contributed by atoms with E-state index in [1.807, 2.05) is 51.1 Å². The number of benzene rings is 1. The van der Waals surface area contributed by atoms with Crippen LogP contribution in [0, 0.1) is 0 Å². The van der Waals surface area contributed by atoms with Gasteiger partial charge in [-0.3, -0.25) is 9.69 Å². The lowest BCUT2D eigenvalue weighted by Gasteiger charge is -2.35. The van der Waals surface area contributed by atoms with Crippen molar-refractivity contribution in [1.82, 2.24) is 9.88 Å². The van der Waals surface area contributed by atoms with Crippen LogP contribution in [0.4, 0.5) is 4.79 Å². The van der Waals surface area contributed by atoms with E-state index in [2.05, 4.69) is 4.98 Å². The minimum atomic E-state index is -0.580. The molecule has 1 aromatic carbocycles. The Balaban J connectivity index is 1.85. The molecule has 1 fully saturated rings. The Bertz CT molecular complexity index is 795. The number of rotatable bonds is 2. The summed E-state index contributed by atoms with van der Waals surface area (Å²) < 4.78 is 5.48. The number of ether oxygens (including phenoxy) is 1. The maximum atomic E-state index is 13.0. The van der Waals surface area contributed by atoms with Gasteiger partial charge in [0.15, 0.2) is 0 Å². The summed E-state index contributed by atoms with van der Waals surface area (Å²) in [6, 6.07) is 10.8. The molecule has 1 aromatic heterocycles. The fraction of sp³-hybridized carbons (Fsp3) is 0.450. The second kappa shape index (κ2) is 6.82. The Morgan fingerprint density at radius 3 is 2.64 bits per heavy atom. The molecule has 2 heterocycles. The molecule has 1 atom stereocenters. The molecule has 1 aliphatic heterocycles. The lowest BCUT2D eigenvalue weighted by atomic mass is 9.96. The van der Waals surface area contributed by atoms with Crippen molar-refractivity contribution < 1.29 is 14.3 Å². The molecular formula is C20H24N2O3. The van der Waals surface area contributed by atoms with Crippen LogP contribution in [0.5, 0.6) is 0 Å². The minimum Gasteiger partial charge on any atom is -0.444 e. The standard InChI is InChI=1S/C20H24N2O3/c1-20(2,3)25-19(24)22-13-7-6-10-17(22)18(23)16-12-11-14-8-4-5-9-15(14)21-16/h4-5,8-9,11-12,17H,6-7,10,13H2,1-3H3/t17-/m0/s1. The predicted molar refractivity (Wildman–Crippen MR) is 96.7 cm³/mol. The van der Waals surface area contributed by atoms with E-state index < -0.39 is 17.7 Å². The van der Waals surface area contributed by atoms with Gasteiger partial charge >= 0.3 is 6.09 Å². The van der Waals surface area contributed by atoms with Crippen molar-refractivity contribution in [3.63, 3.8) is 0 Å². The zero-order chi connectivity index (χ0) is 18.0. The van der Waals surface area contributed by atoms with Gasteiger partial charge in [-0.2, -0.15) is 0 Å². The van der Waals surface area contributed by atoms with Gasteiger partial charge in [0.05, 0.1) is 5.52 Å². The number of piperidine rings is 1. The molecule has 0 saturated carbocycles. The average Bonchev–Trinajstić information content (AvgIpc) is 2.59. The molecule has 2 aromatic rings. The Morgan fingerprint density at radius 2 is 1.88 bits per heavy atom. The molecule has 3 rings (SSSR count). The summed E-state index contributed by atoms with van der Waals surface area (Å²) in [5.74, 6) is -0.115.